The summed E-state index contributed by atoms with van der Waals surface area (Å²) in [5, 5.41) is 8.31. The molecule has 0 aromatic heterocycles. The second kappa shape index (κ2) is 2.80. The zero-order valence-electron chi connectivity index (χ0n) is 4.38. The summed E-state index contributed by atoms with van der Waals surface area (Å²) in [5.74, 6) is -0.879. The summed E-state index contributed by atoms with van der Waals surface area (Å²) in [6.07, 6.45) is 0.868. The Hall–Kier alpha value is -1.30. The van der Waals surface area contributed by atoms with Crippen LogP contribution < -0.4 is 0 Å². The van der Waals surface area contributed by atoms with Crippen LogP contribution in [0.15, 0.2) is 12.0 Å². The smallest absolute Gasteiger partial charge is 0.341 e. The Kier molecular flexibility index (Phi) is 2.35. The van der Waals surface area contributed by atoms with Crippen molar-refractivity contribution in [2.45, 2.75) is 6.92 Å². The van der Waals surface area contributed by atoms with Crippen molar-refractivity contribution in [3.05, 3.63) is 23.4 Å². The Morgan fingerprint density at radius 1 is 1.88 bits per heavy atom. The summed E-state index contributed by atoms with van der Waals surface area (Å²) in [4.78, 5) is 12.6. The van der Waals surface area contributed by atoms with E-state index in [1.54, 1.807) is 0 Å². The molecule has 0 amide bonds. The average molecular weight is 111 g/mol. The first kappa shape index (κ1) is 6.70. The Balaban J connectivity index is 4.01. The van der Waals surface area contributed by atoms with Gasteiger partial charge in [-0.05, 0) is 6.92 Å². The van der Waals surface area contributed by atoms with Gasteiger partial charge in [0, 0.05) is 6.08 Å². The number of allylic oxidation sites excluding steroid dienone is 1. The van der Waals surface area contributed by atoms with E-state index in [0.717, 1.165) is 6.08 Å². The highest BCUT2D eigenvalue weighted by Gasteiger charge is 1.89. The van der Waals surface area contributed by atoms with Crippen LogP contribution >= 0.6 is 0 Å². The predicted molar refractivity (Wildman–Crippen MR) is 28.0 cm³/mol. The molecule has 0 heterocycles. The molecule has 0 aromatic rings. The monoisotopic (exact) mass is 111 g/mol. The maximum absolute atomic E-state index is 10.0. The molecule has 1 N–H and O–H groups in total. The molecular weight excluding hydrogens is 106 g/mol. The molecule has 0 saturated heterocycles. The quantitative estimate of drug-likeness (QED) is 0.310. The number of aliphatic hydroxyl groups is 1. The number of carbonyl (C=O) groups is 1. The molecule has 0 bridgehead atoms. The van der Waals surface area contributed by atoms with Crippen molar-refractivity contribution >= 4 is 5.78 Å². The third-order valence-electron chi connectivity index (χ3n) is 0.447. The molecule has 42 valence electrons. The molecule has 0 radical (unpaired) electrons. The minimum atomic E-state index is -0.558. The lowest BCUT2D eigenvalue weighted by atomic mass is 10.4. The van der Waals surface area contributed by atoms with Crippen LogP contribution in [0.1, 0.15) is 6.92 Å². The molecule has 0 aliphatic carbocycles. The van der Waals surface area contributed by atoms with Gasteiger partial charge in [0.1, 0.15) is 5.78 Å². The molecule has 0 aliphatic rings. The fourth-order valence-electron chi connectivity index (χ4n) is 0.214. The summed E-state index contributed by atoms with van der Waals surface area (Å²) in [6.45, 7) is 7.42. The van der Waals surface area contributed by atoms with Crippen LogP contribution in [0, 0.1) is 6.57 Å². The van der Waals surface area contributed by atoms with Crippen LogP contribution in [0.5, 0.6) is 0 Å². The maximum Gasteiger partial charge on any atom is 0.341 e. The van der Waals surface area contributed by atoms with Crippen molar-refractivity contribution in [3.8, 4) is 0 Å². The molecule has 0 spiro atoms. The highest BCUT2D eigenvalue weighted by Crippen LogP contribution is 1.87. The number of rotatable bonds is 1. The lowest BCUT2D eigenvalue weighted by Crippen LogP contribution is -1.82. The lowest BCUT2D eigenvalue weighted by Gasteiger charge is -1.78. The summed E-state index contributed by atoms with van der Waals surface area (Å²) in [7, 11) is 0. The van der Waals surface area contributed by atoms with Gasteiger partial charge in [-0.25, -0.2) is 0 Å². The van der Waals surface area contributed by atoms with Crippen molar-refractivity contribution in [1.29, 1.82) is 0 Å². The second-order valence-electron chi connectivity index (χ2n) is 1.22. The molecule has 0 fully saturated rings. The molecule has 0 aliphatic heterocycles. The minimum Gasteiger partial charge on any atom is -0.532 e. The normalized spacial score (nSPS) is 10.2. The van der Waals surface area contributed by atoms with Gasteiger partial charge in [0.2, 0.25) is 0 Å². The summed E-state index contributed by atoms with van der Waals surface area (Å²) in [6, 6.07) is 0. The molecule has 0 rings (SSSR count). The number of ketones is 1. The molecule has 0 unspecified atom stereocenters. The van der Waals surface area contributed by atoms with Crippen molar-refractivity contribution in [2.75, 3.05) is 0 Å². The minimum absolute atomic E-state index is 0.321. The zero-order valence-corrected chi connectivity index (χ0v) is 4.38. The van der Waals surface area contributed by atoms with E-state index in [2.05, 4.69) is 4.85 Å². The average Bonchev–Trinajstić information content (AvgIpc) is 1.65. The molecule has 8 heavy (non-hydrogen) atoms. The molecule has 3 nitrogen and oxygen atoms in total. The topological polar surface area (TPSA) is 41.7 Å². The van der Waals surface area contributed by atoms with E-state index in [1.807, 2.05) is 0 Å². The summed E-state index contributed by atoms with van der Waals surface area (Å²) in [5.41, 5.74) is 0. The third-order valence-corrected chi connectivity index (χ3v) is 0.447. The first-order chi connectivity index (χ1) is 3.66. The van der Waals surface area contributed by atoms with E-state index in [-0.39, 0.29) is 5.78 Å². The number of hydrogen-bond acceptors (Lipinski definition) is 2. The number of carbonyl (C=O) groups excluding carboxylic acids is 1. The summed E-state index contributed by atoms with van der Waals surface area (Å²) >= 11 is 0. The summed E-state index contributed by atoms with van der Waals surface area (Å²) < 4.78 is 0. The molecule has 3 heteroatoms. The van der Waals surface area contributed by atoms with E-state index in [1.165, 1.54) is 6.92 Å². The fourth-order valence-corrected chi connectivity index (χ4v) is 0.214. The Labute approximate surface area is 47.1 Å². The van der Waals surface area contributed by atoms with Gasteiger partial charge in [0.05, 0.1) is 6.57 Å². The third kappa shape index (κ3) is 2.91. The van der Waals surface area contributed by atoms with Crippen molar-refractivity contribution in [1.82, 2.24) is 0 Å². The number of aliphatic hydroxyl groups excluding tert-OH is 1. The Morgan fingerprint density at radius 2 is 2.38 bits per heavy atom. The van der Waals surface area contributed by atoms with Crippen LogP contribution in [-0.4, -0.2) is 10.9 Å². The molecule has 0 aromatic carbocycles. The van der Waals surface area contributed by atoms with E-state index in [9.17, 15) is 4.79 Å². The number of hydrogen-bond donors (Lipinski definition) is 1. The van der Waals surface area contributed by atoms with Gasteiger partial charge >= 0.3 is 5.88 Å². The highest BCUT2D eigenvalue weighted by atomic mass is 16.3. The standard InChI is InChI=1S/C5H5NO2/c1-4(7)3-5(8)6-2/h3,8H,1H3/b5-3-. The second-order valence-corrected chi connectivity index (χ2v) is 1.22. The van der Waals surface area contributed by atoms with E-state index in [4.69, 9.17) is 11.7 Å². The molecular formula is C5H5NO2. The highest BCUT2D eigenvalue weighted by molar-refractivity contribution is 5.87. The van der Waals surface area contributed by atoms with E-state index < -0.39 is 5.88 Å². The van der Waals surface area contributed by atoms with Gasteiger partial charge in [-0.2, -0.15) is 4.85 Å². The maximum atomic E-state index is 10.0. The van der Waals surface area contributed by atoms with Crippen LogP contribution in [0.25, 0.3) is 4.85 Å². The lowest BCUT2D eigenvalue weighted by molar-refractivity contribution is -0.112. The van der Waals surface area contributed by atoms with Crippen LogP contribution in [0.2, 0.25) is 0 Å². The zero-order chi connectivity index (χ0) is 6.57. The largest absolute Gasteiger partial charge is 0.532 e. The molecule has 0 saturated carbocycles. The molecule has 0 atom stereocenters. The predicted octanol–water partition coefficient (Wildman–Crippen LogP) is 0.894. The van der Waals surface area contributed by atoms with Gasteiger partial charge in [-0.15, -0.1) is 0 Å². The van der Waals surface area contributed by atoms with Gasteiger partial charge in [0.25, 0.3) is 0 Å². The van der Waals surface area contributed by atoms with Gasteiger partial charge in [-0.1, -0.05) is 0 Å². The fraction of sp³-hybridized carbons (Fsp3) is 0.200. The van der Waals surface area contributed by atoms with Crippen LogP contribution in [0.3, 0.4) is 0 Å². The first-order valence-corrected chi connectivity index (χ1v) is 1.95. The SMILES string of the molecule is [C-]#[N+]/C(O)=C/C(C)=O. The van der Waals surface area contributed by atoms with E-state index >= 15 is 0 Å². The van der Waals surface area contributed by atoms with E-state index in [0.29, 0.717) is 0 Å². The Morgan fingerprint density at radius 3 is 2.50 bits per heavy atom. The van der Waals surface area contributed by atoms with Gasteiger partial charge in [-0.3, -0.25) is 4.79 Å². The van der Waals surface area contributed by atoms with Crippen LogP contribution in [-0.2, 0) is 4.79 Å². The number of nitrogens with zero attached hydrogens (tertiary/aromatic N) is 1. The van der Waals surface area contributed by atoms with Gasteiger partial charge in [0.15, 0.2) is 0 Å². The van der Waals surface area contributed by atoms with Gasteiger partial charge < -0.3 is 5.11 Å². The van der Waals surface area contributed by atoms with Crippen molar-refractivity contribution in [2.24, 2.45) is 0 Å². The van der Waals surface area contributed by atoms with Crippen molar-refractivity contribution in [3.63, 3.8) is 0 Å². The van der Waals surface area contributed by atoms with Crippen LogP contribution in [0.4, 0.5) is 0 Å². The van der Waals surface area contributed by atoms with Crippen molar-refractivity contribution < 1.29 is 9.90 Å². The Bertz CT molecular complexity index is 164. The first-order valence-electron chi connectivity index (χ1n) is 1.95.